The summed E-state index contributed by atoms with van der Waals surface area (Å²) in [6.45, 7) is 3.42. The molecule has 0 bridgehead atoms. The second-order valence-electron chi connectivity index (χ2n) is 4.45. The number of aryl methyl sites for hydroxylation is 1. The van der Waals surface area contributed by atoms with Crippen molar-refractivity contribution in [3.63, 3.8) is 0 Å². The van der Waals surface area contributed by atoms with Crippen molar-refractivity contribution in [2.24, 2.45) is 0 Å². The first-order valence-electron chi connectivity index (χ1n) is 6.09. The van der Waals surface area contributed by atoms with E-state index in [1.807, 2.05) is 31.2 Å². The van der Waals surface area contributed by atoms with E-state index in [1.165, 1.54) is 6.92 Å². The Bertz CT molecular complexity index is 679. The highest BCUT2D eigenvalue weighted by Gasteiger charge is 2.23. The fraction of sp³-hybridized carbons (Fsp3) is 0.231. The number of rotatable bonds is 4. The average Bonchev–Trinajstić information content (AvgIpc) is 2.37. The Morgan fingerprint density at radius 3 is 2.52 bits per heavy atom. The number of nitro groups is 1. The Morgan fingerprint density at radius 2 is 1.95 bits per heavy atom. The van der Waals surface area contributed by atoms with E-state index in [0.717, 1.165) is 10.0 Å². The molecule has 21 heavy (non-hydrogen) atoms. The van der Waals surface area contributed by atoms with Crippen molar-refractivity contribution in [2.45, 2.75) is 19.9 Å². The zero-order chi connectivity index (χ0) is 15.6. The van der Waals surface area contributed by atoms with Gasteiger partial charge in [-0.05, 0) is 43.1 Å². The molecule has 1 N–H and O–H groups in total. The van der Waals surface area contributed by atoms with Gasteiger partial charge in [-0.15, -0.1) is 0 Å². The van der Waals surface area contributed by atoms with Crippen LogP contribution in [-0.2, 0) is 0 Å². The summed E-state index contributed by atoms with van der Waals surface area (Å²) < 4.78 is 0.963. The van der Waals surface area contributed by atoms with Crippen LogP contribution in [0.25, 0.3) is 0 Å². The Kier molecular flexibility index (Phi) is 4.74. The Hall–Kier alpha value is -1.73. The van der Waals surface area contributed by atoms with Crippen LogP contribution in [0.1, 0.15) is 24.2 Å². The highest BCUT2D eigenvalue weighted by molar-refractivity contribution is 9.10. The van der Waals surface area contributed by atoms with Gasteiger partial charge in [-0.3, -0.25) is 10.1 Å². The lowest BCUT2D eigenvalue weighted by molar-refractivity contribution is -0.385. The van der Waals surface area contributed by atoms with Gasteiger partial charge in [0.25, 0.3) is 0 Å². The van der Waals surface area contributed by atoms with Gasteiger partial charge in [0.05, 0.1) is 11.0 Å². The summed E-state index contributed by atoms with van der Waals surface area (Å²) in [4.78, 5) is 18.4. The van der Waals surface area contributed by atoms with Gasteiger partial charge in [0.1, 0.15) is 5.69 Å². The second-order valence-corrected chi connectivity index (χ2v) is 5.70. The number of aromatic nitrogens is 2. The van der Waals surface area contributed by atoms with Gasteiger partial charge in [-0.2, -0.15) is 4.98 Å². The molecule has 0 radical (unpaired) electrons. The molecule has 0 aliphatic rings. The molecule has 8 heteroatoms. The normalized spacial score (nSPS) is 12.0. The van der Waals surface area contributed by atoms with Crippen molar-refractivity contribution in [1.29, 1.82) is 0 Å². The minimum atomic E-state index is -0.512. The first-order valence-corrected chi connectivity index (χ1v) is 7.26. The minimum Gasteiger partial charge on any atom is -0.358 e. The van der Waals surface area contributed by atoms with E-state index in [0.29, 0.717) is 0 Å². The molecule has 1 unspecified atom stereocenters. The summed E-state index contributed by atoms with van der Waals surface area (Å²) in [5.41, 5.74) is 1.04. The SMILES string of the molecule is Cc1nc(Cl)nc(NC(C)c2ccc(Br)cc2)c1[N+](=O)[O-]. The maximum absolute atomic E-state index is 11.2. The zero-order valence-corrected chi connectivity index (χ0v) is 13.6. The molecule has 0 saturated heterocycles. The number of hydrogen-bond donors (Lipinski definition) is 1. The van der Waals surface area contributed by atoms with E-state index in [9.17, 15) is 10.1 Å². The fourth-order valence-corrected chi connectivity index (χ4v) is 2.37. The van der Waals surface area contributed by atoms with Crippen LogP contribution in [0.5, 0.6) is 0 Å². The lowest BCUT2D eigenvalue weighted by atomic mass is 10.1. The van der Waals surface area contributed by atoms with E-state index in [4.69, 9.17) is 11.6 Å². The van der Waals surface area contributed by atoms with Crippen molar-refractivity contribution in [2.75, 3.05) is 5.32 Å². The first kappa shape index (κ1) is 15.7. The molecule has 6 nitrogen and oxygen atoms in total. The molecule has 0 amide bonds. The third-order valence-electron chi connectivity index (χ3n) is 2.94. The Morgan fingerprint density at radius 1 is 1.33 bits per heavy atom. The maximum atomic E-state index is 11.2. The molecule has 1 aromatic carbocycles. The predicted molar refractivity (Wildman–Crippen MR) is 84.6 cm³/mol. The fourth-order valence-electron chi connectivity index (χ4n) is 1.89. The smallest absolute Gasteiger partial charge is 0.332 e. The van der Waals surface area contributed by atoms with Crippen LogP contribution in [-0.4, -0.2) is 14.9 Å². The van der Waals surface area contributed by atoms with Gasteiger partial charge in [0, 0.05) is 4.47 Å². The van der Waals surface area contributed by atoms with Crippen molar-refractivity contribution in [1.82, 2.24) is 9.97 Å². The first-order chi connectivity index (χ1) is 9.88. The maximum Gasteiger partial charge on any atom is 0.332 e. The summed E-state index contributed by atoms with van der Waals surface area (Å²) >= 11 is 9.15. The standard InChI is InChI=1S/C13H12BrClN4O2/c1-7(9-3-5-10(14)6-4-9)16-12-11(19(20)21)8(2)17-13(15)18-12/h3-7H,1-2H3,(H,16,17,18). The quantitative estimate of drug-likeness (QED) is 0.493. The van der Waals surface area contributed by atoms with Gasteiger partial charge in [-0.25, -0.2) is 4.98 Å². The number of anilines is 1. The van der Waals surface area contributed by atoms with E-state index in [2.05, 4.69) is 31.2 Å². The summed E-state index contributed by atoms with van der Waals surface area (Å²) in [5, 5.41) is 14.1. The van der Waals surface area contributed by atoms with Gasteiger partial charge in [0.2, 0.25) is 11.1 Å². The van der Waals surface area contributed by atoms with Crippen LogP contribution in [0.15, 0.2) is 28.7 Å². The molecule has 2 rings (SSSR count). The van der Waals surface area contributed by atoms with Gasteiger partial charge >= 0.3 is 5.69 Å². The molecule has 0 fully saturated rings. The molecule has 0 spiro atoms. The topological polar surface area (TPSA) is 81.0 Å². The largest absolute Gasteiger partial charge is 0.358 e. The summed E-state index contributed by atoms with van der Waals surface area (Å²) in [6.07, 6.45) is 0. The van der Waals surface area contributed by atoms with Gasteiger partial charge in [0.15, 0.2) is 0 Å². The molecular formula is C13H12BrClN4O2. The van der Waals surface area contributed by atoms with Crippen molar-refractivity contribution in [3.8, 4) is 0 Å². The molecule has 1 atom stereocenters. The Labute approximate surface area is 134 Å². The third-order valence-corrected chi connectivity index (χ3v) is 3.63. The average molecular weight is 372 g/mol. The molecule has 1 aromatic heterocycles. The lowest BCUT2D eigenvalue weighted by Crippen LogP contribution is -2.11. The molecule has 0 saturated carbocycles. The Balaban J connectivity index is 2.34. The highest BCUT2D eigenvalue weighted by atomic mass is 79.9. The van der Waals surface area contributed by atoms with Crippen LogP contribution in [0.3, 0.4) is 0 Å². The van der Waals surface area contributed by atoms with Crippen LogP contribution in [0, 0.1) is 17.0 Å². The molecular weight excluding hydrogens is 360 g/mol. The predicted octanol–water partition coefficient (Wildman–Crippen LogP) is 4.28. The van der Waals surface area contributed by atoms with Crippen LogP contribution < -0.4 is 5.32 Å². The van der Waals surface area contributed by atoms with E-state index in [1.54, 1.807) is 0 Å². The van der Waals surface area contributed by atoms with Crippen molar-refractivity contribution >= 4 is 39.0 Å². The number of hydrogen-bond acceptors (Lipinski definition) is 5. The molecule has 0 aliphatic carbocycles. The monoisotopic (exact) mass is 370 g/mol. The van der Waals surface area contributed by atoms with Crippen LogP contribution in [0.4, 0.5) is 11.5 Å². The molecule has 0 aliphatic heterocycles. The van der Waals surface area contributed by atoms with Crippen LogP contribution in [0.2, 0.25) is 5.28 Å². The van der Waals surface area contributed by atoms with Crippen LogP contribution >= 0.6 is 27.5 Å². The summed E-state index contributed by atoms with van der Waals surface area (Å²) in [7, 11) is 0. The number of nitrogens with zero attached hydrogens (tertiary/aromatic N) is 3. The molecule has 2 aromatic rings. The minimum absolute atomic E-state index is 0.0244. The number of benzene rings is 1. The van der Waals surface area contributed by atoms with E-state index < -0.39 is 4.92 Å². The zero-order valence-electron chi connectivity index (χ0n) is 11.3. The second kappa shape index (κ2) is 6.36. The number of halogens is 2. The summed E-state index contributed by atoms with van der Waals surface area (Å²) in [5.74, 6) is 0.118. The van der Waals surface area contributed by atoms with Crippen molar-refractivity contribution in [3.05, 3.63) is 55.4 Å². The number of nitrogens with one attached hydrogen (secondary N) is 1. The lowest BCUT2D eigenvalue weighted by Gasteiger charge is -2.15. The van der Waals surface area contributed by atoms with Crippen molar-refractivity contribution < 1.29 is 4.92 Å². The highest BCUT2D eigenvalue weighted by Crippen LogP contribution is 2.29. The third kappa shape index (κ3) is 3.68. The summed E-state index contributed by atoms with van der Waals surface area (Å²) in [6, 6.07) is 7.48. The van der Waals surface area contributed by atoms with E-state index >= 15 is 0 Å². The van der Waals surface area contributed by atoms with Gasteiger partial charge in [-0.1, -0.05) is 28.1 Å². The van der Waals surface area contributed by atoms with Gasteiger partial charge < -0.3 is 5.32 Å². The molecule has 1 heterocycles. The molecule has 110 valence electrons. The van der Waals surface area contributed by atoms with E-state index in [-0.39, 0.29) is 28.5 Å².